The lowest BCUT2D eigenvalue weighted by atomic mass is 9.36. The molecule has 0 bridgehead atoms. The van der Waals surface area contributed by atoms with Crippen LogP contribution in [-0.4, -0.2) is 48.6 Å². The van der Waals surface area contributed by atoms with Crippen LogP contribution in [0.1, 0.15) is 65.4 Å². The molecule has 7 atom stereocenters. The zero-order valence-electron chi connectivity index (χ0n) is 23.3. The van der Waals surface area contributed by atoms with Gasteiger partial charge < -0.3 is 14.2 Å². The fourth-order valence-corrected chi connectivity index (χ4v) is 9.53. The number of esters is 1. The van der Waals surface area contributed by atoms with E-state index in [2.05, 4.69) is 37.5 Å². The molecule has 2 saturated heterocycles. The molecule has 2 aliphatic carbocycles. The van der Waals surface area contributed by atoms with Crippen LogP contribution in [0.4, 0.5) is 0 Å². The largest absolute Gasteiger partial charge is 0.458 e. The predicted molar refractivity (Wildman–Crippen MR) is 149 cm³/mol. The van der Waals surface area contributed by atoms with Crippen molar-refractivity contribution in [2.75, 3.05) is 19.8 Å². The summed E-state index contributed by atoms with van der Waals surface area (Å²) in [4.78, 5) is 15.4. The first-order valence-electron chi connectivity index (χ1n) is 14.3. The number of hydrogen-bond donors (Lipinski definition) is 0. The minimum absolute atomic E-state index is 0.0333. The van der Waals surface area contributed by atoms with Crippen molar-refractivity contribution in [3.63, 3.8) is 0 Å². The molecule has 5 nitrogen and oxygen atoms in total. The lowest BCUT2D eigenvalue weighted by molar-refractivity contribution is -0.361. The van der Waals surface area contributed by atoms with Gasteiger partial charge in [-0.3, -0.25) is 4.90 Å². The minimum Gasteiger partial charge on any atom is -0.458 e. The maximum Gasteiger partial charge on any atom is 0.335 e. The molecule has 3 aliphatic heterocycles. The van der Waals surface area contributed by atoms with Gasteiger partial charge >= 0.3 is 5.97 Å². The zero-order valence-corrected chi connectivity index (χ0v) is 24.1. The van der Waals surface area contributed by atoms with E-state index >= 15 is 0 Å². The summed E-state index contributed by atoms with van der Waals surface area (Å²) < 4.78 is 18.4. The summed E-state index contributed by atoms with van der Waals surface area (Å²) in [5.41, 5.74) is 1.82. The number of cyclic esters (lactones) is 1. The van der Waals surface area contributed by atoms with Crippen LogP contribution in [0.25, 0.3) is 0 Å². The number of ether oxygens (including phenoxy) is 3. The van der Waals surface area contributed by atoms with Gasteiger partial charge in [-0.2, -0.15) is 0 Å². The highest BCUT2D eigenvalue weighted by Crippen LogP contribution is 2.72. The van der Waals surface area contributed by atoms with Crippen LogP contribution in [0.2, 0.25) is 5.02 Å². The van der Waals surface area contributed by atoms with E-state index in [1.165, 1.54) is 5.56 Å². The van der Waals surface area contributed by atoms with Crippen molar-refractivity contribution in [1.29, 1.82) is 0 Å². The van der Waals surface area contributed by atoms with Crippen LogP contribution >= 0.6 is 11.6 Å². The molecular formula is C32H42ClNO4. The molecule has 2 saturated carbocycles. The Labute approximate surface area is 232 Å². The summed E-state index contributed by atoms with van der Waals surface area (Å²) in [6.45, 7) is 16.3. The van der Waals surface area contributed by atoms with Gasteiger partial charge in [0.25, 0.3) is 0 Å². The van der Waals surface area contributed by atoms with E-state index in [1.807, 2.05) is 38.1 Å². The molecule has 0 spiro atoms. The molecular weight excluding hydrogens is 498 g/mol. The molecule has 0 aromatic heterocycles. The van der Waals surface area contributed by atoms with Crippen molar-refractivity contribution in [2.45, 2.75) is 84.3 Å². The Morgan fingerprint density at radius 2 is 1.97 bits per heavy atom. The number of nitrogens with zero attached hydrogens (tertiary/aromatic N) is 1. The fourth-order valence-electron chi connectivity index (χ4n) is 9.32. The van der Waals surface area contributed by atoms with Gasteiger partial charge in [0.2, 0.25) is 0 Å². The summed E-state index contributed by atoms with van der Waals surface area (Å²) in [7, 11) is 0. The second kappa shape index (κ2) is 9.19. The van der Waals surface area contributed by atoms with Crippen LogP contribution in [0.5, 0.6) is 0 Å². The molecule has 0 amide bonds. The number of benzene rings is 1. The van der Waals surface area contributed by atoms with Gasteiger partial charge in [-0.1, -0.05) is 43.7 Å². The van der Waals surface area contributed by atoms with E-state index in [0.717, 1.165) is 55.8 Å². The Kier molecular flexibility index (Phi) is 6.42. The number of allylic oxidation sites excluding steroid dienone is 1. The molecule has 6 rings (SSSR count). The van der Waals surface area contributed by atoms with E-state index in [1.54, 1.807) is 0 Å². The number of rotatable bonds is 4. The van der Waals surface area contributed by atoms with Crippen molar-refractivity contribution in [3.05, 3.63) is 59.2 Å². The van der Waals surface area contributed by atoms with E-state index in [0.29, 0.717) is 25.0 Å². The van der Waals surface area contributed by atoms with Gasteiger partial charge in [-0.05, 0) is 87.0 Å². The average Bonchev–Trinajstić information content (AvgIpc) is 3.30. The monoisotopic (exact) mass is 539 g/mol. The maximum atomic E-state index is 12.9. The van der Waals surface area contributed by atoms with Crippen molar-refractivity contribution in [1.82, 2.24) is 4.90 Å². The van der Waals surface area contributed by atoms with Crippen molar-refractivity contribution >= 4 is 17.6 Å². The van der Waals surface area contributed by atoms with Gasteiger partial charge in [0.15, 0.2) is 5.79 Å². The first kappa shape index (κ1) is 26.6. The lowest BCUT2D eigenvalue weighted by Crippen LogP contribution is -2.70. The second-order valence-electron chi connectivity index (χ2n) is 13.3. The number of halogens is 1. The van der Waals surface area contributed by atoms with Crippen LogP contribution in [-0.2, 0) is 25.5 Å². The molecule has 3 heterocycles. The third-order valence-corrected chi connectivity index (χ3v) is 11.5. The van der Waals surface area contributed by atoms with Gasteiger partial charge in [0.05, 0.1) is 18.3 Å². The third-order valence-electron chi connectivity index (χ3n) is 11.2. The highest BCUT2D eigenvalue weighted by Gasteiger charge is 2.69. The Balaban J connectivity index is 1.36. The van der Waals surface area contributed by atoms with Crippen LogP contribution in [0.3, 0.4) is 0 Å². The highest BCUT2D eigenvalue weighted by atomic mass is 35.5. The van der Waals surface area contributed by atoms with E-state index in [4.69, 9.17) is 25.8 Å². The highest BCUT2D eigenvalue weighted by molar-refractivity contribution is 6.30. The second-order valence-corrected chi connectivity index (χ2v) is 13.8. The summed E-state index contributed by atoms with van der Waals surface area (Å²) >= 11 is 6.34. The SMILES string of the molecule is C=CC12CC[C@@H]3CN(Cc4cccc(Cl)c4)[C@@H](C4=CCOC4=O)C[C@H]3[C@]1(C)CC[C@H]1OC(C)(C)OCC12C. The molecule has 2 unspecified atom stereocenters. The molecule has 5 aliphatic rings. The van der Waals surface area contributed by atoms with Crippen LogP contribution < -0.4 is 0 Å². The minimum atomic E-state index is -0.552. The first-order valence-corrected chi connectivity index (χ1v) is 14.7. The van der Waals surface area contributed by atoms with E-state index < -0.39 is 5.79 Å². The molecule has 38 heavy (non-hydrogen) atoms. The van der Waals surface area contributed by atoms with Crippen LogP contribution in [0, 0.1) is 28.1 Å². The number of carbonyl (C=O) groups is 1. The predicted octanol–water partition coefficient (Wildman–Crippen LogP) is 6.55. The Morgan fingerprint density at radius 3 is 2.68 bits per heavy atom. The van der Waals surface area contributed by atoms with Gasteiger partial charge in [-0.25, -0.2) is 4.79 Å². The summed E-state index contributed by atoms with van der Waals surface area (Å²) in [6.07, 6.45) is 9.74. The Morgan fingerprint density at radius 1 is 1.16 bits per heavy atom. The maximum absolute atomic E-state index is 12.9. The number of piperidine rings is 1. The van der Waals surface area contributed by atoms with E-state index in [-0.39, 0.29) is 34.4 Å². The molecule has 4 fully saturated rings. The molecule has 206 valence electrons. The topological polar surface area (TPSA) is 48.0 Å². The molecule has 0 radical (unpaired) electrons. The smallest absolute Gasteiger partial charge is 0.335 e. The third kappa shape index (κ3) is 3.87. The van der Waals surface area contributed by atoms with Gasteiger partial charge in [0, 0.05) is 35.0 Å². The number of carbonyl (C=O) groups excluding carboxylic acids is 1. The fraction of sp³-hybridized carbons (Fsp3) is 0.656. The molecule has 6 heteroatoms. The average molecular weight is 540 g/mol. The van der Waals surface area contributed by atoms with Gasteiger partial charge in [-0.15, -0.1) is 6.58 Å². The lowest BCUT2D eigenvalue weighted by Gasteiger charge is -2.71. The van der Waals surface area contributed by atoms with Crippen molar-refractivity contribution in [2.24, 2.45) is 28.1 Å². The first-order chi connectivity index (χ1) is 18.0. The standard InChI is InChI=1S/C32H42ClNO4/c1-6-32-14-10-22-19-34(18-21-8-7-9-23(33)16-21)26(24-12-15-36-28(24)35)17-25(22)30(32,4)13-11-27-31(32,5)20-37-29(2,3)38-27/h6-9,12,16,22,25-27H,1,10-11,13-15,17-20H2,2-5H3/t22-,25-,26-,27-,30+,31?,32?/m1/s1. The number of hydrogen-bond acceptors (Lipinski definition) is 5. The van der Waals surface area contributed by atoms with Crippen molar-refractivity contribution < 1.29 is 19.0 Å². The van der Waals surface area contributed by atoms with Gasteiger partial charge in [0.1, 0.15) is 6.61 Å². The van der Waals surface area contributed by atoms with Crippen LogP contribution in [0.15, 0.2) is 48.6 Å². The summed E-state index contributed by atoms with van der Waals surface area (Å²) in [5.74, 6) is 0.316. The number of fused-ring (bicyclic) bond motifs is 5. The summed E-state index contributed by atoms with van der Waals surface area (Å²) in [6, 6.07) is 8.14. The summed E-state index contributed by atoms with van der Waals surface area (Å²) in [5, 5.41) is 0.750. The Bertz CT molecular complexity index is 1160. The van der Waals surface area contributed by atoms with E-state index in [9.17, 15) is 4.79 Å². The molecule has 1 aromatic rings. The normalized spacial score (nSPS) is 42.3. The Hall–Kier alpha value is -1.66. The van der Waals surface area contributed by atoms with Crippen molar-refractivity contribution in [3.8, 4) is 0 Å². The quantitative estimate of drug-likeness (QED) is 0.320. The number of likely N-dealkylation sites (tertiary alicyclic amines) is 1. The molecule has 1 aromatic carbocycles. The molecule has 0 N–H and O–H groups in total. The zero-order chi connectivity index (χ0) is 26.9.